The molecule has 3 aromatic heterocycles. The third kappa shape index (κ3) is 5.20. The van der Waals surface area contributed by atoms with Gasteiger partial charge in [0.1, 0.15) is 0 Å². The largest absolute Gasteiger partial charge is 0.148 e. The normalized spacial score (nSPS) is 16.0. The van der Waals surface area contributed by atoms with E-state index >= 15 is 0 Å². The van der Waals surface area contributed by atoms with Crippen LogP contribution in [0.1, 0.15) is 93.2 Å². The van der Waals surface area contributed by atoms with Crippen LogP contribution in [0.15, 0.2) is 38.3 Å². The first-order valence-electron chi connectivity index (χ1n) is 13.1. The maximum Gasteiger partial charge on any atom is 0.0584 e. The molecular formula is C29H42S4. The number of hydrogen-bond donors (Lipinski definition) is 0. The van der Waals surface area contributed by atoms with Gasteiger partial charge in [0, 0.05) is 24.4 Å². The Morgan fingerprint density at radius 3 is 2.00 bits per heavy atom. The Morgan fingerprint density at radius 1 is 0.727 bits per heavy atom. The van der Waals surface area contributed by atoms with E-state index in [0.717, 1.165) is 5.92 Å². The molecule has 0 N–H and O–H groups in total. The number of rotatable bonds is 13. The van der Waals surface area contributed by atoms with Gasteiger partial charge in [-0.1, -0.05) is 59.3 Å². The predicted molar refractivity (Wildman–Crippen MR) is 154 cm³/mol. The molecule has 0 saturated heterocycles. The van der Waals surface area contributed by atoms with Crippen molar-refractivity contribution in [1.82, 2.24) is 0 Å². The molecule has 3 aromatic rings. The molecule has 1 aliphatic rings. The summed E-state index contributed by atoms with van der Waals surface area (Å²) in [5.41, 5.74) is 0. The zero-order valence-corrected chi connectivity index (χ0v) is 24.6. The van der Waals surface area contributed by atoms with Crippen LogP contribution in [0.5, 0.6) is 0 Å². The van der Waals surface area contributed by atoms with E-state index in [4.69, 9.17) is 0 Å². The van der Waals surface area contributed by atoms with Gasteiger partial charge in [0.2, 0.25) is 0 Å². The number of aryl methyl sites for hydroxylation is 3. The van der Waals surface area contributed by atoms with E-state index in [0.29, 0.717) is 0 Å². The van der Waals surface area contributed by atoms with Gasteiger partial charge < -0.3 is 0 Å². The summed E-state index contributed by atoms with van der Waals surface area (Å²) < 4.78 is 1.70. The Bertz CT molecular complexity index is 988. The third-order valence-electron chi connectivity index (χ3n) is 7.01. The van der Waals surface area contributed by atoms with Gasteiger partial charge in [0.05, 0.1) is 14.0 Å². The van der Waals surface area contributed by atoms with Crippen LogP contribution in [0.3, 0.4) is 0 Å². The number of thiophene rings is 3. The van der Waals surface area contributed by atoms with Crippen molar-refractivity contribution in [2.45, 2.75) is 113 Å². The van der Waals surface area contributed by atoms with E-state index in [1.807, 2.05) is 0 Å². The molecular weight excluding hydrogens is 477 g/mol. The second-order valence-corrected chi connectivity index (χ2v) is 16.9. The highest BCUT2D eigenvalue weighted by atomic mass is 32.3. The minimum Gasteiger partial charge on any atom is -0.148 e. The summed E-state index contributed by atoms with van der Waals surface area (Å²) in [7, 11) is -1.14. The van der Waals surface area contributed by atoms with Crippen LogP contribution in [0.2, 0.25) is 0 Å². The average molecular weight is 519 g/mol. The summed E-state index contributed by atoms with van der Waals surface area (Å²) in [4.78, 5) is 11.2. The molecule has 33 heavy (non-hydrogen) atoms. The van der Waals surface area contributed by atoms with E-state index in [2.05, 4.69) is 92.9 Å². The lowest BCUT2D eigenvalue weighted by Gasteiger charge is -2.39. The van der Waals surface area contributed by atoms with Crippen molar-refractivity contribution < 1.29 is 0 Å². The number of unbranched alkanes of at least 4 members (excludes halogenated alkanes) is 4. The molecule has 0 radical (unpaired) electrons. The van der Waals surface area contributed by atoms with E-state index in [1.165, 1.54) is 79.7 Å². The highest BCUT2D eigenvalue weighted by molar-refractivity contribution is 8.35. The minimum absolute atomic E-state index is 0.833. The highest BCUT2D eigenvalue weighted by Gasteiger charge is 2.45. The van der Waals surface area contributed by atoms with Crippen molar-refractivity contribution in [3.63, 3.8) is 0 Å². The Kier molecular flexibility index (Phi) is 8.87. The van der Waals surface area contributed by atoms with Crippen LogP contribution < -0.4 is 0 Å². The number of fused-ring (bicyclic) bond motifs is 3. The smallest absolute Gasteiger partial charge is 0.0584 e. The van der Waals surface area contributed by atoms with Crippen molar-refractivity contribution in [3.8, 4) is 9.75 Å². The molecule has 1 atom stereocenters. The lowest BCUT2D eigenvalue weighted by atomic mass is 9.99. The Balaban J connectivity index is 1.78. The summed E-state index contributed by atoms with van der Waals surface area (Å²) in [6.07, 6.45) is 13.4. The SMILES string of the molecule is CCCCCCc1ccc(S2(CC(CCC)CCCC)c3cc(C)sc3-c3sc(C)cc32)s1. The van der Waals surface area contributed by atoms with Crippen LogP contribution in [-0.2, 0) is 6.42 Å². The molecule has 0 fully saturated rings. The van der Waals surface area contributed by atoms with E-state index in [1.54, 1.807) is 28.6 Å². The molecule has 182 valence electrons. The van der Waals surface area contributed by atoms with Crippen molar-refractivity contribution >= 4 is 44.0 Å². The van der Waals surface area contributed by atoms with E-state index in [-0.39, 0.29) is 0 Å². The number of hydrogen-bond acceptors (Lipinski definition) is 3. The van der Waals surface area contributed by atoms with Crippen LogP contribution in [0.25, 0.3) is 9.75 Å². The fourth-order valence-corrected chi connectivity index (χ4v) is 15.3. The van der Waals surface area contributed by atoms with Crippen LogP contribution in [0.4, 0.5) is 0 Å². The molecule has 4 heterocycles. The second-order valence-electron chi connectivity index (χ2n) is 9.84. The van der Waals surface area contributed by atoms with Gasteiger partial charge in [-0.2, -0.15) is 0 Å². The van der Waals surface area contributed by atoms with Gasteiger partial charge in [-0.3, -0.25) is 0 Å². The summed E-state index contributed by atoms with van der Waals surface area (Å²) >= 11 is 6.26. The summed E-state index contributed by atoms with van der Waals surface area (Å²) in [5, 5.41) is 0. The van der Waals surface area contributed by atoms with Gasteiger partial charge in [-0.25, -0.2) is 0 Å². The maximum absolute atomic E-state index is 2.58. The maximum atomic E-state index is 2.58. The zero-order chi connectivity index (χ0) is 23.4. The fourth-order valence-electron chi connectivity index (χ4n) is 5.38. The molecule has 0 aromatic carbocycles. The Hall–Kier alpha value is -0.550. The topological polar surface area (TPSA) is 0 Å². The van der Waals surface area contributed by atoms with Crippen molar-refractivity contribution in [2.75, 3.05) is 5.75 Å². The summed E-state index contributed by atoms with van der Waals surface area (Å²) in [5.74, 6) is 2.20. The quantitative estimate of drug-likeness (QED) is 0.197. The van der Waals surface area contributed by atoms with Crippen LogP contribution in [-0.4, -0.2) is 5.75 Å². The molecule has 0 nitrogen and oxygen atoms in total. The lowest BCUT2D eigenvalue weighted by molar-refractivity contribution is 0.471. The monoisotopic (exact) mass is 518 g/mol. The summed E-state index contributed by atoms with van der Waals surface area (Å²) in [6, 6.07) is 10.2. The average Bonchev–Trinajstić information content (AvgIpc) is 3.54. The molecule has 1 unspecified atom stereocenters. The Morgan fingerprint density at radius 2 is 1.39 bits per heavy atom. The van der Waals surface area contributed by atoms with Crippen molar-refractivity contribution in [3.05, 3.63) is 38.9 Å². The Labute approximate surface area is 216 Å². The van der Waals surface area contributed by atoms with E-state index in [9.17, 15) is 0 Å². The van der Waals surface area contributed by atoms with Gasteiger partial charge in [-0.05, 0) is 75.5 Å². The van der Waals surface area contributed by atoms with Crippen LogP contribution >= 0.6 is 44.0 Å². The molecule has 0 spiro atoms. The predicted octanol–water partition coefficient (Wildman–Crippen LogP) is 11.5. The van der Waals surface area contributed by atoms with E-state index < -0.39 is 10.0 Å². The fraction of sp³-hybridized carbons (Fsp3) is 0.586. The molecule has 4 heteroatoms. The highest BCUT2D eigenvalue weighted by Crippen LogP contribution is 2.80. The molecule has 0 saturated carbocycles. The second kappa shape index (κ2) is 11.5. The van der Waals surface area contributed by atoms with Gasteiger partial charge in [0.25, 0.3) is 0 Å². The zero-order valence-electron chi connectivity index (χ0n) is 21.3. The van der Waals surface area contributed by atoms with Gasteiger partial charge in [0.15, 0.2) is 0 Å². The van der Waals surface area contributed by atoms with Crippen molar-refractivity contribution in [2.24, 2.45) is 5.92 Å². The standard InChI is InChI=1S/C29H42S4/c1-6-9-11-12-15-24-16-17-27(32-24)33(20-23(13-8-3)14-10-7-2)25-18-21(4)30-28(25)29-26(33)19-22(5)31-29/h16-19,23H,6-15,20H2,1-5H3. The lowest BCUT2D eigenvalue weighted by Crippen LogP contribution is -2.14. The van der Waals surface area contributed by atoms with Gasteiger partial charge >= 0.3 is 0 Å². The molecule has 0 aliphatic carbocycles. The minimum atomic E-state index is -1.14. The van der Waals surface area contributed by atoms with Crippen LogP contribution in [0, 0.1) is 19.8 Å². The first-order valence-corrected chi connectivity index (χ1v) is 17.4. The van der Waals surface area contributed by atoms with Gasteiger partial charge in [-0.15, -0.1) is 44.0 Å². The van der Waals surface area contributed by atoms with Crippen molar-refractivity contribution in [1.29, 1.82) is 0 Å². The molecule has 0 amide bonds. The molecule has 4 rings (SSSR count). The third-order valence-corrected chi connectivity index (χ3v) is 15.5. The summed E-state index contributed by atoms with van der Waals surface area (Å²) in [6.45, 7) is 11.7. The first kappa shape index (κ1) is 25.5. The molecule has 0 bridgehead atoms. The first-order chi connectivity index (χ1) is 16.0. The molecule has 1 aliphatic heterocycles.